The van der Waals surface area contributed by atoms with Crippen molar-refractivity contribution in [3.63, 3.8) is 0 Å². The number of aromatic hydroxyl groups is 2. The minimum atomic E-state index is -0.0514. The number of imidazole rings is 1. The second kappa shape index (κ2) is 5.47. The first-order chi connectivity index (χ1) is 11.2. The molecule has 1 aliphatic rings. The number of rotatable bonds is 3. The molecule has 0 spiro atoms. The van der Waals surface area contributed by atoms with E-state index in [0.717, 1.165) is 29.7 Å². The second-order valence-corrected chi connectivity index (χ2v) is 6.13. The van der Waals surface area contributed by atoms with Gasteiger partial charge in [-0.3, -0.25) is 0 Å². The Morgan fingerprint density at radius 2 is 1.78 bits per heavy atom. The largest absolute Gasteiger partial charge is 0.504 e. The number of benzene rings is 2. The van der Waals surface area contributed by atoms with Crippen molar-refractivity contribution in [2.24, 2.45) is 0 Å². The Hall–Kier alpha value is -2.75. The van der Waals surface area contributed by atoms with E-state index in [0.29, 0.717) is 0 Å². The van der Waals surface area contributed by atoms with Crippen LogP contribution >= 0.6 is 0 Å². The molecule has 3 aromatic rings. The van der Waals surface area contributed by atoms with Crippen LogP contribution in [0.25, 0.3) is 0 Å². The smallest absolute Gasteiger partial charge is 0.157 e. The van der Waals surface area contributed by atoms with Crippen LogP contribution in [0.5, 0.6) is 11.5 Å². The third-order valence-corrected chi connectivity index (χ3v) is 4.73. The lowest BCUT2D eigenvalue weighted by Gasteiger charge is -2.12. The number of H-pyrrole nitrogens is 1. The average Bonchev–Trinajstić information content (AvgIpc) is 3.18. The highest BCUT2D eigenvalue weighted by atomic mass is 16.3. The van der Waals surface area contributed by atoms with Gasteiger partial charge in [0.2, 0.25) is 0 Å². The second-order valence-electron chi connectivity index (χ2n) is 6.13. The molecule has 23 heavy (non-hydrogen) atoms. The van der Waals surface area contributed by atoms with Gasteiger partial charge in [0.15, 0.2) is 11.5 Å². The van der Waals surface area contributed by atoms with Crippen LogP contribution in [-0.2, 0) is 6.42 Å². The van der Waals surface area contributed by atoms with Crippen LogP contribution in [0.1, 0.15) is 40.6 Å². The van der Waals surface area contributed by atoms with E-state index in [1.807, 2.05) is 24.4 Å². The minimum Gasteiger partial charge on any atom is -0.504 e. The molecule has 0 amide bonds. The van der Waals surface area contributed by atoms with Gasteiger partial charge in [-0.2, -0.15) is 0 Å². The molecule has 0 saturated heterocycles. The lowest BCUT2D eigenvalue weighted by Crippen LogP contribution is -2.00. The molecular weight excluding hydrogens is 288 g/mol. The summed E-state index contributed by atoms with van der Waals surface area (Å²) in [6.45, 7) is 0. The van der Waals surface area contributed by atoms with Crippen LogP contribution in [0.2, 0.25) is 0 Å². The fourth-order valence-electron chi connectivity index (χ4n) is 3.65. The minimum absolute atomic E-state index is 0.0508. The number of nitrogens with one attached hydrogen (secondary N) is 1. The Morgan fingerprint density at radius 1 is 1.04 bits per heavy atom. The quantitative estimate of drug-likeness (QED) is 0.646. The number of phenolic OH excluding ortho intramolecular Hbond substituents is 2. The number of fused-ring (bicyclic) bond motifs is 1. The van der Waals surface area contributed by atoms with Crippen molar-refractivity contribution in [2.45, 2.75) is 24.7 Å². The highest BCUT2D eigenvalue weighted by molar-refractivity contribution is 5.53. The number of hydrogen-bond acceptors (Lipinski definition) is 3. The fraction of sp³-hybridized carbons (Fsp3) is 0.211. The van der Waals surface area contributed by atoms with Gasteiger partial charge in [0.25, 0.3) is 0 Å². The van der Waals surface area contributed by atoms with E-state index in [1.165, 1.54) is 5.56 Å². The SMILES string of the molecule is Oc1cc2c(cc1O)C(c1ccccc1)CC2Cc1c[nH]cn1. The van der Waals surface area contributed by atoms with Gasteiger partial charge in [0, 0.05) is 12.1 Å². The van der Waals surface area contributed by atoms with E-state index in [-0.39, 0.29) is 23.3 Å². The highest BCUT2D eigenvalue weighted by Gasteiger charge is 2.33. The van der Waals surface area contributed by atoms with Crippen molar-refractivity contribution in [1.29, 1.82) is 0 Å². The molecule has 116 valence electrons. The molecule has 0 fully saturated rings. The third kappa shape index (κ3) is 2.46. The molecule has 1 heterocycles. The monoisotopic (exact) mass is 306 g/mol. The van der Waals surface area contributed by atoms with E-state index in [4.69, 9.17) is 0 Å². The first kappa shape index (κ1) is 13.9. The molecule has 2 unspecified atom stereocenters. The van der Waals surface area contributed by atoms with Gasteiger partial charge in [-0.15, -0.1) is 0 Å². The van der Waals surface area contributed by atoms with Gasteiger partial charge in [-0.25, -0.2) is 4.98 Å². The summed E-state index contributed by atoms with van der Waals surface area (Å²) in [5.41, 5.74) is 4.47. The summed E-state index contributed by atoms with van der Waals surface area (Å²) in [4.78, 5) is 7.31. The molecule has 0 radical (unpaired) electrons. The third-order valence-electron chi connectivity index (χ3n) is 4.73. The van der Waals surface area contributed by atoms with Gasteiger partial charge < -0.3 is 15.2 Å². The maximum atomic E-state index is 9.92. The number of aromatic amines is 1. The van der Waals surface area contributed by atoms with Crippen molar-refractivity contribution in [3.8, 4) is 11.5 Å². The Morgan fingerprint density at radius 3 is 2.48 bits per heavy atom. The summed E-state index contributed by atoms with van der Waals surface area (Å²) in [6.07, 6.45) is 5.38. The maximum absolute atomic E-state index is 9.92. The number of phenols is 2. The first-order valence-electron chi connectivity index (χ1n) is 7.80. The molecule has 3 N–H and O–H groups in total. The summed E-state index contributed by atoms with van der Waals surface area (Å²) >= 11 is 0. The first-order valence-corrected chi connectivity index (χ1v) is 7.80. The number of hydrogen-bond donors (Lipinski definition) is 3. The Bertz CT molecular complexity index is 813. The zero-order valence-corrected chi connectivity index (χ0v) is 12.6. The van der Waals surface area contributed by atoms with Gasteiger partial charge in [-0.05, 0) is 47.6 Å². The normalized spacial score (nSPS) is 19.7. The summed E-state index contributed by atoms with van der Waals surface area (Å²) in [5, 5.41) is 19.8. The van der Waals surface area contributed by atoms with Crippen molar-refractivity contribution in [1.82, 2.24) is 9.97 Å². The maximum Gasteiger partial charge on any atom is 0.157 e. The summed E-state index contributed by atoms with van der Waals surface area (Å²) in [5.74, 6) is 0.418. The molecule has 4 nitrogen and oxygen atoms in total. The van der Waals surface area contributed by atoms with E-state index >= 15 is 0 Å². The Kier molecular flexibility index (Phi) is 3.30. The Balaban J connectivity index is 1.76. The zero-order valence-electron chi connectivity index (χ0n) is 12.6. The Labute approximate surface area is 134 Å². The van der Waals surface area contributed by atoms with E-state index in [2.05, 4.69) is 22.1 Å². The molecule has 2 aromatic carbocycles. The van der Waals surface area contributed by atoms with Crippen LogP contribution < -0.4 is 0 Å². The fourth-order valence-corrected chi connectivity index (χ4v) is 3.65. The molecule has 0 bridgehead atoms. The molecule has 1 aliphatic carbocycles. The average molecular weight is 306 g/mol. The van der Waals surface area contributed by atoms with Crippen LogP contribution in [0.3, 0.4) is 0 Å². The lowest BCUT2D eigenvalue weighted by atomic mass is 9.92. The summed E-state index contributed by atoms with van der Waals surface area (Å²) < 4.78 is 0. The molecular formula is C19H18N2O2. The molecule has 4 heteroatoms. The number of nitrogens with zero attached hydrogens (tertiary/aromatic N) is 1. The summed E-state index contributed by atoms with van der Waals surface area (Å²) in [6, 6.07) is 13.8. The zero-order chi connectivity index (χ0) is 15.8. The molecule has 4 rings (SSSR count). The van der Waals surface area contributed by atoms with E-state index in [1.54, 1.807) is 18.5 Å². The highest BCUT2D eigenvalue weighted by Crippen LogP contribution is 2.49. The van der Waals surface area contributed by atoms with Crippen LogP contribution in [0, 0.1) is 0 Å². The molecule has 2 atom stereocenters. The molecule has 0 aliphatic heterocycles. The van der Waals surface area contributed by atoms with Crippen molar-refractivity contribution < 1.29 is 10.2 Å². The van der Waals surface area contributed by atoms with Gasteiger partial charge in [0.1, 0.15) is 0 Å². The van der Waals surface area contributed by atoms with E-state index in [9.17, 15) is 10.2 Å². The molecule has 1 aromatic heterocycles. The van der Waals surface area contributed by atoms with Gasteiger partial charge >= 0.3 is 0 Å². The van der Waals surface area contributed by atoms with Crippen LogP contribution in [0.4, 0.5) is 0 Å². The van der Waals surface area contributed by atoms with Gasteiger partial charge in [-0.1, -0.05) is 30.3 Å². The number of aromatic nitrogens is 2. The molecule has 0 saturated carbocycles. The predicted octanol–water partition coefficient (Wildman–Crippen LogP) is 3.68. The lowest BCUT2D eigenvalue weighted by molar-refractivity contribution is 0.402. The topological polar surface area (TPSA) is 69.1 Å². The van der Waals surface area contributed by atoms with Crippen molar-refractivity contribution in [3.05, 3.63) is 77.4 Å². The van der Waals surface area contributed by atoms with E-state index < -0.39 is 0 Å². The van der Waals surface area contributed by atoms with Gasteiger partial charge in [0.05, 0.1) is 12.0 Å². The van der Waals surface area contributed by atoms with Crippen molar-refractivity contribution in [2.75, 3.05) is 0 Å². The van der Waals surface area contributed by atoms with Crippen LogP contribution in [-0.4, -0.2) is 20.2 Å². The summed E-state index contributed by atoms with van der Waals surface area (Å²) in [7, 11) is 0. The van der Waals surface area contributed by atoms with Crippen molar-refractivity contribution >= 4 is 0 Å². The standard InChI is InChI=1S/C19H18N2O2/c22-18-8-16-13(6-14-10-20-11-21-14)7-15(17(16)9-19(18)23)12-4-2-1-3-5-12/h1-5,8-11,13,15,22-23H,6-7H2,(H,20,21). The van der Waals surface area contributed by atoms with Crippen LogP contribution in [0.15, 0.2) is 55.0 Å². The predicted molar refractivity (Wildman–Crippen MR) is 87.7 cm³/mol.